The van der Waals surface area contributed by atoms with Gasteiger partial charge < -0.3 is 15.2 Å². The second kappa shape index (κ2) is 4.24. The maximum atomic E-state index is 5.91. The zero-order valence-corrected chi connectivity index (χ0v) is 10.9. The van der Waals surface area contributed by atoms with E-state index in [4.69, 9.17) is 5.73 Å². The molecule has 2 unspecified atom stereocenters. The molecule has 0 spiro atoms. The first-order valence-corrected chi connectivity index (χ1v) is 6.45. The molecule has 0 saturated carbocycles. The largest absolute Gasteiger partial charge is 0.350 e. The molecule has 3 rings (SSSR count). The summed E-state index contributed by atoms with van der Waals surface area (Å²) < 4.78 is 2.03. The van der Waals surface area contributed by atoms with Gasteiger partial charge in [0.1, 0.15) is 5.52 Å². The van der Waals surface area contributed by atoms with E-state index >= 15 is 0 Å². The van der Waals surface area contributed by atoms with Crippen LogP contribution in [0.3, 0.4) is 0 Å². The predicted octanol–water partition coefficient (Wildman–Crippen LogP) is 1.14. The number of nitrogens with zero attached hydrogens (tertiary/aromatic N) is 4. The van der Waals surface area contributed by atoms with Crippen molar-refractivity contribution in [2.75, 3.05) is 18.0 Å². The lowest BCUT2D eigenvalue weighted by molar-refractivity contribution is 0.518. The number of aryl methyl sites for hydroxylation is 1. The van der Waals surface area contributed by atoms with Gasteiger partial charge >= 0.3 is 0 Å². The van der Waals surface area contributed by atoms with Crippen LogP contribution in [0.4, 0.5) is 5.82 Å². The van der Waals surface area contributed by atoms with Crippen molar-refractivity contribution in [3.8, 4) is 0 Å². The van der Waals surface area contributed by atoms with Gasteiger partial charge in [0, 0.05) is 32.4 Å². The normalized spacial score (nSPS) is 24.1. The molecule has 1 aliphatic heterocycles. The quantitative estimate of drug-likeness (QED) is 0.862. The van der Waals surface area contributed by atoms with Crippen LogP contribution in [0, 0.1) is 5.92 Å². The molecular weight excluding hydrogens is 226 g/mol. The minimum absolute atomic E-state index is 0.380. The molecular formula is C13H19N5. The lowest BCUT2D eigenvalue weighted by atomic mass is 10.0. The number of aromatic nitrogens is 3. The van der Waals surface area contributed by atoms with Crippen LogP contribution < -0.4 is 10.6 Å². The number of hydrogen-bond donors (Lipinski definition) is 1. The molecule has 5 nitrogen and oxygen atoms in total. The van der Waals surface area contributed by atoms with E-state index in [-0.39, 0.29) is 0 Å². The van der Waals surface area contributed by atoms with Gasteiger partial charge in [-0.1, -0.05) is 6.92 Å². The minimum atomic E-state index is 0.380. The number of fused-ring (bicyclic) bond motifs is 1. The average molecular weight is 245 g/mol. The molecule has 0 aromatic carbocycles. The molecule has 1 saturated heterocycles. The molecule has 0 aliphatic carbocycles. The predicted molar refractivity (Wildman–Crippen MR) is 72.5 cm³/mol. The standard InChI is InChI=1S/C13H19N5/c1-9-4-6-18(11(9)7-14)13-12-10(3-5-15-13)17(2)8-16-12/h3,5,8-9,11H,4,6-7,14H2,1-2H3. The highest BCUT2D eigenvalue weighted by Gasteiger charge is 2.32. The smallest absolute Gasteiger partial charge is 0.157 e. The number of imidazole rings is 1. The summed E-state index contributed by atoms with van der Waals surface area (Å²) in [4.78, 5) is 11.3. The van der Waals surface area contributed by atoms with Crippen LogP contribution in [-0.2, 0) is 7.05 Å². The summed E-state index contributed by atoms with van der Waals surface area (Å²) in [6.07, 6.45) is 4.87. The molecule has 5 heteroatoms. The lowest BCUT2D eigenvalue weighted by Crippen LogP contribution is -2.39. The van der Waals surface area contributed by atoms with Crippen molar-refractivity contribution in [3.63, 3.8) is 0 Å². The topological polar surface area (TPSA) is 60.0 Å². The fourth-order valence-electron chi connectivity index (χ4n) is 2.89. The molecule has 3 heterocycles. The van der Waals surface area contributed by atoms with Gasteiger partial charge in [-0.3, -0.25) is 0 Å². The number of anilines is 1. The van der Waals surface area contributed by atoms with Crippen molar-refractivity contribution in [1.82, 2.24) is 14.5 Å². The number of rotatable bonds is 2. The Kier molecular flexibility index (Phi) is 2.70. The van der Waals surface area contributed by atoms with Crippen molar-refractivity contribution >= 4 is 16.9 Å². The highest BCUT2D eigenvalue weighted by molar-refractivity contribution is 5.86. The summed E-state index contributed by atoms with van der Waals surface area (Å²) in [6.45, 7) is 3.95. The molecule has 2 atom stereocenters. The Morgan fingerprint density at radius 2 is 2.28 bits per heavy atom. The van der Waals surface area contributed by atoms with E-state index in [0.717, 1.165) is 23.4 Å². The van der Waals surface area contributed by atoms with Crippen LogP contribution >= 0.6 is 0 Å². The Hall–Kier alpha value is -1.62. The molecule has 18 heavy (non-hydrogen) atoms. The van der Waals surface area contributed by atoms with E-state index in [9.17, 15) is 0 Å². The van der Waals surface area contributed by atoms with Crippen molar-refractivity contribution in [2.45, 2.75) is 19.4 Å². The third-order valence-electron chi connectivity index (χ3n) is 4.02. The first-order valence-electron chi connectivity index (χ1n) is 6.45. The van der Waals surface area contributed by atoms with Crippen molar-refractivity contribution in [3.05, 3.63) is 18.6 Å². The zero-order valence-electron chi connectivity index (χ0n) is 10.9. The summed E-state index contributed by atoms with van der Waals surface area (Å²) in [5.74, 6) is 1.60. The fraction of sp³-hybridized carbons (Fsp3) is 0.538. The monoisotopic (exact) mass is 245 g/mol. The van der Waals surface area contributed by atoms with Gasteiger partial charge in [0.05, 0.1) is 11.8 Å². The molecule has 0 bridgehead atoms. The highest BCUT2D eigenvalue weighted by Crippen LogP contribution is 2.31. The summed E-state index contributed by atoms with van der Waals surface area (Å²) >= 11 is 0. The maximum Gasteiger partial charge on any atom is 0.157 e. The number of pyridine rings is 1. The first kappa shape index (κ1) is 11.5. The molecule has 2 N–H and O–H groups in total. The Labute approximate surface area is 107 Å². The van der Waals surface area contributed by atoms with Crippen LogP contribution in [-0.4, -0.2) is 33.7 Å². The van der Waals surface area contributed by atoms with Crippen LogP contribution in [0.15, 0.2) is 18.6 Å². The van der Waals surface area contributed by atoms with Crippen LogP contribution in [0.5, 0.6) is 0 Å². The van der Waals surface area contributed by atoms with Crippen molar-refractivity contribution < 1.29 is 0 Å². The molecule has 1 aliphatic rings. The van der Waals surface area contributed by atoms with Crippen molar-refractivity contribution in [1.29, 1.82) is 0 Å². The van der Waals surface area contributed by atoms with E-state index in [1.165, 1.54) is 6.42 Å². The molecule has 0 radical (unpaired) electrons. The summed E-state index contributed by atoms with van der Waals surface area (Å²) in [5, 5.41) is 0. The Morgan fingerprint density at radius 3 is 3.06 bits per heavy atom. The van der Waals surface area contributed by atoms with Gasteiger partial charge in [-0.2, -0.15) is 0 Å². The van der Waals surface area contributed by atoms with E-state index < -0.39 is 0 Å². The van der Waals surface area contributed by atoms with Crippen molar-refractivity contribution in [2.24, 2.45) is 18.7 Å². The second-order valence-electron chi connectivity index (χ2n) is 5.12. The van der Waals surface area contributed by atoms with Crippen LogP contribution in [0.2, 0.25) is 0 Å². The second-order valence-corrected chi connectivity index (χ2v) is 5.12. The minimum Gasteiger partial charge on any atom is -0.350 e. The Morgan fingerprint density at radius 1 is 1.44 bits per heavy atom. The summed E-state index contributed by atoms with van der Waals surface area (Å²) in [6, 6.07) is 2.38. The molecule has 1 fully saturated rings. The average Bonchev–Trinajstić information content (AvgIpc) is 2.93. The van der Waals surface area contributed by atoms with Gasteiger partial charge in [0.15, 0.2) is 5.82 Å². The molecule has 2 aromatic rings. The Bertz CT molecular complexity index is 562. The van der Waals surface area contributed by atoms with Gasteiger partial charge in [0.2, 0.25) is 0 Å². The fourth-order valence-corrected chi connectivity index (χ4v) is 2.89. The summed E-state index contributed by atoms with van der Waals surface area (Å²) in [5.41, 5.74) is 8.01. The molecule has 2 aromatic heterocycles. The maximum absolute atomic E-state index is 5.91. The van der Waals surface area contributed by atoms with E-state index in [2.05, 4.69) is 21.8 Å². The van der Waals surface area contributed by atoms with Gasteiger partial charge in [0.25, 0.3) is 0 Å². The Balaban J connectivity index is 2.09. The first-order chi connectivity index (χ1) is 8.72. The van der Waals surface area contributed by atoms with Crippen LogP contribution in [0.25, 0.3) is 11.0 Å². The van der Waals surface area contributed by atoms with E-state index in [1.807, 2.05) is 30.2 Å². The SMILES string of the molecule is CC1CCN(c2nccc3c2ncn3C)C1CN. The third-order valence-corrected chi connectivity index (χ3v) is 4.02. The zero-order chi connectivity index (χ0) is 12.7. The molecule has 0 amide bonds. The third kappa shape index (κ3) is 1.58. The highest BCUT2D eigenvalue weighted by atomic mass is 15.3. The van der Waals surface area contributed by atoms with Gasteiger partial charge in [-0.25, -0.2) is 9.97 Å². The summed E-state index contributed by atoms with van der Waals surface area (Å²) in [7, 11) is 2.01. The number of nitrogens with two attached hydrogens (primary N) is 1. The lowest BCUT2D eigenvalue weighted by Gasteiger charge is -2.26. The number of hydrogen-bond acceptors (Lipinski definition) is 4. The van der Waals surface area contributed by atoms with Gasteiger partial charge in [-0.05, 0) is 18.4 Å². The van der Waals surface area contributed by atoms with Crippen LogP contribution in [0.1, 0.15) is 13.3 Å². The van der Waals surface area contributed by atoms with E-state index in [1.54, 1.807) is 0 Å². The molecule has 96 valence electrons. The van der Waals surface area contributed by atoms with Gasteiger partial charge in [-0.15, -0.1) is 0 Å². The van der Waals surface area contributed by atoms with E-state index in [0.29, 0.717) is 18.5 Å².